The molecule has 3 N–H and O–H groups in total. The zero-order valence-electron chi connectivity index (χ0n) is 25.8. The van der Waals surface area contributed by atoms with E-state index in [4.69, 9.17) is 9.47 Å². The molecule has 0 unspecified atom stereocenters. The van der Waals surface area contributed by atoms with E-state index in [2.05, 4.69) is 21.1 Å². The zero-order valence-corrected chi connectivity index (χ0v) is 26.6. The van der Waals surface area contributed by atoms with E-state index in [1.807, 2.05) is 0 Å². The number of nitrogens with zero attached hydrogens (tertiary/aromatic N) is 8. The lowest BCUT2D eigenvalue weighted by molar-refractivity contribution is -0.228. The summed E-state index contributed by atoms with van der Waals surface area (Å²) in [4.78, 5) is 35.4. The molecule has 1 amide bonds. The number of benzene rings is 1. The lowest BCUT2D eigenvalue weighted by atomic mass is 9.89. The van der Waals surface area contributed by atoms with E-state index < -0.39 is 52.2 Å². The number of nitriles is 1. The van der Waals surface area contributed by atoms with E-state index >= 15 is 0 Å². The van der Waals surface area contributed by atoms with Gasteiger partial charge in [0.05, 0.1) is 41.9 Å². The quantitative estimate of drug-likeness (QED) is 0.224. The largest absolute Gasteiger partial charge is 0.479 e. The van der Waals surface area contributed by atoms with Crippen LogP contribution in [0.4, 0.5) is 10.5 Å². The number of carbonyl (C=O) groups is 2. The third kappa shape index (κ3) is 5.75. The van der Waals surface area contributed by atoms with Gasteiger partial charge in [-0.15, -0.1) is 0 Å². The molecule has 2 aliphatic rings. The van der Waals surface area contributed by atoms with Crippen molar-refractivity contribution in [2.45, 2.75) is 49.9 Å². The van der Waals surface area contributed by atoms with Crippen molar-refractivity contribution in [3.63, 3.8) is 0 Å². The van der Waals surface area contributed by atoms with Crippen LogP contribution in [0.3, 0.4) is 0 Å². The fourth-order valence-electron chi connectivity index (χ4n) is 5.87. The number of aliphatic carboxylic acids is 1. The topological polar surface area (TPSA) is 226 Å². The van der Waals surface area contributed by atoms with Gasteiger partial charge in [0.25, 0.3) is 0 Å². The maximum absolute atomic E-state index is 13.8. The lowest BCUT2D eigenvalue weighted by Crippen LogP contribution is -2.64. The molecular weight excluding hydrogens is 648 g/mol. The molecule has 4 aromatic rings. The summed E-state index contributed by atoms with van der Waals surface area (Å²) in [5, 5.41) is 44.0. The number of aliphatic hydroxyl groups is 2. The van der Waals surface area contributed by atoms with E-state index in [0.29, 0.717) is 22.3 Å². The Morgan fingerprint density at radius 2 is 1.96 bits per heavy atom. The summed E-state index contributed by atoms with van der Waals surface area (Å²) in [6.07, 6.45) is 0.00689. The Labute approximate surface area is 274 Å². The van der Waals surface area contributed by atoms with Crippen LogP contribution in [0, 0.1) is 11.3 Å². The van der Waals surface area contributed by atoms with Crippen LogP contribution in [-0.2, 0) is 25.1 Å². The highest BCUT2D eigenvalue weighted by atomic mass is 32.2. The van der Waals surface area contributed by atoms with Crippen molar-refractivity contribution < 1.29 is 42.8 Å². The molecule has 3 aromatic heterocycles. The van der Waals surface area contributed by atoms with Crippen LogP contribution in [0.2, 0.25) is 0 Å². The summed E-state index contributed by atoms with van der Waals surface area (Å²) in [5.41, 5.74) is 0.815. The minimum atomic E-state index is -3.42. The predicted octanol–water partition coefficient (Wildman–Crippen LogP) is 0.974. The van der Waals surface area contributed by atoms with Crippen LogP contribution < -0.4 is 9.64 Å². The molecule has 2 saturated heterocycles. The van der Waals surface area contributed by atoms with Gasteiger partial charge in [0, 0.05) is 49.9 Å². The number of aliphatic hydroxyl groups excluding tert-OH is 2. The monoisotopic (exact) mass is 680 g/mol. The second-order valence-electron chi connectivity index (χ2n) is 11.6. The standard InChI is InChI=1S/C30H32N8O9S/c1-3-48(44,45)36-15-30(16-36,9-10-31)38-14-18(13-34-38)24-19-8-11-37(27(19)33-17-32-24)29(43)35(2)20-6-4-5-7-22(20)46-23-12-21(39)25(40)26(47-23)28(41)42/h4-8,11,13-14,17,21,23,25-26,39-40H,3,9,12,15-16H2,1-2H3,(H,41,42)/t21-,23-,25+,26+/m1/s1. The van der Waals surface area contributed by atoms with Crippen LogP contribution in [0.25, 0.3) is 22.3 Å². The molecule has 48 heavy (non-hydrogen) atoms. The van der Waals surface area contributed by atoms with Gasteiger partial charge in [0.15, 0.2) is 11.8 Å². The Bertz CT molecular complexity index is 2020. The van der Waals surface area contributed by atoms with Gasteiger partial charge in [-0.25, -0.2) is 28.0 Å². The number of carbonyl (C=O) groups excluding carboxylic acids is 1. The van der Waals surface area contributed by atoms with Gasteiger partial charge in [0.1, 0.15) is 23.7 Å². The molecule has 2 fully saturated rings. The Hall–Kier alpha value is -4.93. The summed E-state index contributed by atoms with van der Waals surface area (Å²) in [6, 6.07) is 9.78. The number of sulfonamides is 1. The highest BCUT2D eigenvalue weighted by Gasteiger charge is 2.50. The molecule has 0 radical (unpaired) electrons. The summed E-state index contributed by atoms with van der Waals surface area (Å²) < 4.78 is 40.2. The van der Waals surface area contributed by atoms with E-state index in [1.165, 1.54) is 33.3 Å². The Morgan fingerprint density at radius 1 is 1.21 bits per heavy atom. The second-order valence-corrected chi connectivity index (χ2v) is 13.8. The molecular formula is C30H32N8O9S. The predicted molar refractivity (Wildman–Crippen MR) is 167 cm³/mol. The summed E-state index contributed by atoms with van der Waals surface area (Å²) in [5.74, 6) is -1.33. The van der Waals surface area contributed by atoms with Crippen molar-refractivity contribution in [2.75, 3.05) is 30.8 Å². The fraction of sp³-hybridized carbons (Fsp3) is 0.400. The Kier molecular flexibility index (Phi) is 8.65. The molecule has 0 spiro atoms. The molecule has 0 bridgehead atoms. The number of ether oxygens (including phenoxy) is 2. The number of amides is 1. The molecule has 2 aliphatic heterocycles. The SMILES string of the molecule is CCS(=O)(=O)N1CC(CC#N)(n2cc(-c3ncnc4c3ccn4C(=O)N(C)c3ccccc3O[C@H]3C[C@@H](O)[C@H](O)[C@@H](C(=O)O)O3)cn2)C1. The van der Waals surface area contributed by atoms with Gasteiger partial charge in [0.2, 0.25) is 16.3 Å². The Balaban J connectivity index is 1.25. The minimum Gasteiger partial charge on any atom is -0.479 e. The van der Waals surface area contributed by atoms with Crippen LogP contribution in [0.15, 0.2) is 55.2 Å². The Morgan fingerprint density at radius 3 is 2.67 bits per heavy atom. The molecule has 17 nitrogen and oxygen atoms in total. The molecule has 4 atom stereocenters. The van der Waals surface area contributed by atoms with E-state index in [-0.39, 0.29) is 43.1 Å². The number of fused-ring (bicyclic) bond motifs is 1. The maximum atomic E-state index is 13.8. The first-order chi connectivity index (χ1) is 22.9. The van der Waals surface area contributed by atoms with Crippen molar-refractivity contribution in [1.82, 2.24) is 28.6 Å². The molecule has 0 aliphatic carbocycles. The van der Waals surface area contributed by atoms with Gasteiger partial charge >= 0.3 is 12.0 Å². The number of para-hydroxylation sites is 2. The third-order valence-corrected chi connectivity index (χ3v) is 10.4. The molecule has 0 saturated carbocycles. The summed E-state index contributed by atoms with van der Waals surface area (Å²) in [6.45, 7) is 1.81. The van der Waals surface area contributed by atoms with Crippen molar-refractivity contribution in [3.8, 4) is 23.1 Å². The van der Waals surface area contributed by atoms with Gasteiger partial charge in [-0.1, -0.05) is 12.1 Å². The lowest BCUT2D eigenvalue weighted by Gasteiger charge is -2.47. The van der Waals surface area contributed by atoms with Gasteiger partial charge in [-0.3, -0.25) is 14.1 Å². The number of anilines is 1. The second kappa shape index (κ2) is 12.6. The fourth-order valence-corrected chi connectivity index (χ4v) is 7.11. The van der Waals surface area contributed by atoms with Crippen LogP contribution in [0.1, 0.15) is 19.8 Å². The molecule has 5 heterocycles. The van der Waals surface area contributed by atoms with Crippen molar-refractivity contribution in [1.29, 1.82) is 5.26 Å². The number of hydrogen-bond acceptors (Lipinski definition) is 12. The first-order valence-electron chi connectivity index (χ1n) is 14.9. The molecule has 1 aromatic carbocycles. The normalized spacial score (nSPS) is 22.5. The van der Waals surface area contributed by atoms with Crippen molar-refractivity contribution >= 4 is 38.7 Å². The smallest absolute Gasteiger partial charge is 0.335 e. The number of aromatic nitrogens is 5. The first kappa shape index (κ1) is 33.0. The van der Waals surface area contributed by atoms with Crippen molar-refractivity contribution in [2.24, 2.45) is 0 Å². The van der Waals surface area contributed by atoms with E-state index in [9.17, 15) is 38.6 Å². The van der Waals surface area contributed by atoms with E-state index in [0.717, 1.165) is 0 Å². The number of rotatable bonds is 9. The highest BCUT2D eigenvalue weighted by Crippen LogP contribution is 2.37. The summed E-state index contributed by atoms with van der Waals surface area (Å²) >= 11 is 0. The molecule has 252 valence electrons. The molecule has 6 rings (SSSR count). The van der Waals surface area contributed by atoms with Gasteiger partial charge < -0.3 is 24.8 Å². The average Bonchev–Trinajstić information content (AvgIpc) is 3.72. The first-order valence-corrected chi connectivity index (χ1v) is 16.5. The number of carboxylic acid groups (broad SMARTS) is 1. The number of hydrogen-bond donors (Lipinski definition) is 3. The zero-order chi connectivity index (χ0) is 34.4. The van der Waals surface area contributed by atoms with E-state index in [1.54, 1.807) is 54.3 Å². The van der Waals surface area contributed by atoms with Gasteiger partial charge in [-0.05, 0) is 25.1 Å². The number of carboxylic acids is 1. The van der Waals surface area contributed by atoms with Crippen LogP contribution in [-0.4, -0.2) is 115 Å². The van der Waals surface area contributed by atoms with Crippen LogP contribution >= 0.6 is 0 Å². The average molecular weight is 681 g/mol. The van der Waals surface area contributed by atoms with Gasteiger partial charge in [-0.2, -0.15) is 14.7 Å². The van der Waals surface area contributed by atoms with Crippen molar-refractivity contribution in [3.05, 3.63) is 55.2 Å². The highest BCUT2D eigenvalue weighted by molar-refractivity contribution is 7.89. The molecule has 18 heteroatoms. The maximum Gasteiger partial charge on any atom is 0.335 e. The minimum absolute atomic E-state index is 0.0420. The summed E-state index contributed by atoms with van der Waals surface area (Å²) in [7, 11) is -1.90. The van der Waals surface area contributed by atoms with Crippen LogP contribution in [0.5, 0.6) is 5.75 Å². The third-order valence-electron chi connectivity index (χ3n) is 8.59.